The third-order valence-corrected chi connectivity index (χ3v) is 4.54. The number of anilines is 2. The average Bonchev–Trinajstić information content (AvgIpc) is 3.07. The van der Waals surface area contributed by atoms with Gasteiger partial charge < -0.3 is 20.3 Å². The number of piperidine rings is 1. The Bertz CT molecular complexity index is 547. The van der Waals surface area contributed by atoms with Crippen molar-refractivity contribution in [3.63, 3.8) is 0 Å². The van der Waals surface area contributed by atoms with Gasteiger partial charge in [-0.3, -0.25) is 0 Å². The van der Waals surface area contributed by atoms with Gasteiger partial charge in [0.05, 0.1) is 6.10 Å². The van der Waals surface area contributed by atoms with Gasteiger partial charge in [-0.05, 0) is 44.3 Å². The molecule has 2 aliphatic rings. The van der Waals surface area contributed by atoms with Gasteiger partial charge in [0.15, 0.2) is 5.11 Å². The third-order valence-electron chi connectivity index (χ3n) is 4.10. The van der Waals surface area contributed by atoms with Crippen LogP contribution in [-0.4, -0.2) is 47.4 Å². The first-order valence-electron chi connectivity index (χ1n) is 8.17. The van der Waals surface area contributed by atoms with Gasteiger partial charge in [-0.15, -0.1) is 0 Å². The SMILES string of the molecule is S=C(NCC1CCCO1)Nc1nc(Cl)cc(N2CCCCC2)n1. The summed E-state index contributed by atoms with van der Waals surface area (Å²) >= 11 is 11.4. The molecule has 0 amide bonds. The van der Waals surface area contributed by atoms with E-state index in [-0.39, 0.29) is 6.10 Å². The molecule has 1 atom stereocenters. The van der Waals surface area contributed by atoms with E-state index >= 15 is 0 Å². The Morgan fingerprint density at radius 2 is 2.13 bits per heavy atom. The van der Waals surface area contributed by atoms with Crippen LogP contribution in [0.1, 0.15) is 32.1 Å². The molecule has 1 aromatic rings. The van der Waals surface area contributed by atoms with Gasteiger partial charge in [0, 0.05) is 32.3 Å². The highest BCUT2D eigenvalue weighted by molar-refractivity contribution is 7.80. The molecule has 2 N–H and O–H groups in total. The van der Waals surface area contributed by atoms with E-state index in [4.69, 9.17) is 28.6 Å². The topological polar surface area (TPSA) is 62.3 Å². The second-order valence-electron chi connectivity index (χ2n) is 5.89. The molecule has 0 radical (unpaired) electrons. The summed E-state index contributed by atoms with van der Waals surface area (Å²) in [5, 5.41) is 7.08. The van der Waals surface area contributed by atoms with E-state index in [1.165, 1.54) is 19.3 Å². The minimum absolute atomic E-state index is 0.235. The van der Waals surface area contributed by atoms with Crippen molar-refractivity contribution < 1.29 is 4.74 Å². The van der Waals surface area contributed by atoms with Crippen LogP contribution in [-0.2, 0) is 4.74 Å². The van der Waals surface area contributed by atoms with Gasteiger partial charge in [-0.2, -0.15) is 4.98 Å². The Morgan fingerprint density at radius 3 is 2.87 bits per heavy atom. The molecule has 2 fully saturated rings. The number of rotatable bonds is 4. The molecule has 126 valence electrons. The summed E-state index contributed by atoms with van der Waals surface area (Å²) in [4.78, 5) is 11.0. The van der Waals surface area contributed by atoms with Crippen LogP contribution in [0.4, 0.5) is 11.8 Å². The van der Waals surface area contributed by atoms with Gasteiger partial charge in [0.25, 0.3) is 0 Å². The van der Waals surface area contributed by atoms with Crippen molar-refractivity contribution in [2.75, 3.05) is 36.5 Å². The van der Waals surface area contributed by atoms with Gasteiger partial charge in [-0.1, -0.05) is 11.6 Å². The summed E-state index contributed by atoms with van der Waals surface area (Å²) in [6, 6.07) is 1.81. The summed E-state index contributed by atoms with van der Waals surface area (Å²) in [5.41, 5.74) is 0. The molecule has 1 aromatic heterocycles. The maximum atomic E-state index is 6.13. The van der Waals surface area contributed by atoms with Crippen molar-refractivity contribution >= 4 is 40.7 Å². The number of ether oxygens (including phenoxy) is 1. The lowest BCUT2D eigenvalue weighted by Crippen LogP contribution is -2.35. The lowest BCUT2D eigenvalue weighted by atomic mass is 10.1. The standard InChI is InChI=1S/C15H22ClN5OS/c16-12-9-13(21-6-2-1-3-7-21)19-14(18-12)20-15(23)17-10-11-5-4-8-22-11/h9,11H,1-8,10H2,(H2,17,18,19,20,23). The van der Waals surface area contributed by atoms with E-state index in [2.05, 4.69) is 25.5 Å². The Kier molecular flexibility index (Phi) is 5.85. The fourth-order valence-electron chi connectivity index (χ4n) is 2.90. The van der Waals surface area contributed by atoms with Crippen LogP contribution >= 0.6 is 23.8 Å². The monoisotopic (exact) mass is 355 g/mol. The Labute approximate surface area is 147 Å². The molecular weight excluding hydrogens is 334 g/mol. The zero-order chi connectivity index (χ0) is 16.1. The maximum absolute atomic E-state index is 6.13. The summed E-state index contributed by atoms with van der Waals surface area (Å²) in [5.74, 6) is 1.29. The number of nitrogens with zero attached hydrogens (tertiary/aromatic N) is 3. The molecule has 8 heteroatoms. The highest BCUT2D eigenvalue weighted by Gasteiger charge is 2.17. The average molecular weight is 356 g/mol. The largest absolute Gasteiger partial charge is 0.376 e. The van der Waals surface area contributed by atoms with Crippen molar-refractivity contribution in [1.29, 1.82) is 0 Å². The van der Waals surface area contributed by atoms with E-state index in [0.717, 1.165) is 38.4 Å². The molecule has 0 saturated carbocycles. The first kappa shape index (κ1) is 16.7. The van der Waals surface area contributed by atoms with E-state index in [1.54, 1.807) is 6.07 Å². The number of nitrogens with one attached hydrogen (secondary N) is 2. The van der Waals surface area contributed by atoms with E-state index in [0.29, 0.717) is 22.8 Å². The second kappa shape index (κ2) is 8.08. The minimum Gasteiger partial charge on any atom is -0.376 e. The predicted octanol–water partition coefficient (Wildman–Crippen LogP) is 2.59. The molecule has 3 heterocycles. The van der Waals surface area contributed by atoms with Crippen LogP contribution in [0.5, 0.6) is 0 Å². The molecular formula is C15H22ClN5OS. The molecule has 2 saturated heterocycles. The molecule has 0 bridgehead atoms. The zero-order valence-corrected chi connectivity index (χ0v) is 14.6. The van der Waals surface area contributed by atoms with Crippen molar-refractivity contribution in [1.82, 2.24) is 15.3 Å². The fourth-order valence-corrected chi connectivity index (χ4v) is 3.26. The summed E-state index contributed by atoms with van der Waals surface area (Å²) in [7, 11) is 0. The first-order chi connectivity index (χ1) is 11.2. The highest BCUT2D eigenvalue weighted by Crippen LogP contribution is 2.21. The van der Waals surface area contributed by atoms with Gasteiger partial charge >= 0.3 is 0 Å². The molecule has 0 aliphatic carbocycles. The Balaban J connectivity index is 1.57. The molecule has 1 unspecified atom stereocenters. The Hall–Kier alpha value is -1.18. The number of hydrogen-bond donors (Lipinski definition) is 2. The van der Waals surface area contributed by atoms with Crippen LogP contribution < -0.4 is 15.5 Å². The lowest BCUT2D eigenvalue weighted by molar-refractivity contribution is 0.114. The third kappa shape index (κ3) is 4.89. The van der Waals surface area contributed by atoms with Crippen LogP contribution in [0.15, 0.2) is 6.07 Å². The van der Waals surface area contributed by atoms with Crippen molar-refractivity contribution in [3.05, 3.63) is 11.2 Å². The van der Waals surface area contributed by atoms with Crippen LogP contribution in [0.25, 0.3) is 0 Å². The smallest absolute Gasteiger partial charge is 0.232 e. The molecule has 6 nitrogen and oxygen atoms in total. The lowest BCUT2D eigenvalue weighted by Gasteiger charge is -2.28. The van der Waals surface area contributed by atoms with E-state index in [1.807, 2.05) is 0 Å². The highest BCUT2D eigenvalue weighted by atomic mass is 35.5. The minimum atomic E-state index is 0.235. The number of halogens is 1. The normalized spacial score (nSPS) is 21.3. The fraction of sp³-hybridized carbons (Fsp3) is 0.667. The number of aromatic nitrogens is 2. The quantitative estimate of drug-likeness (QED) is 0.635. The summed E-state index contributed by atoms with van der Waals surface area (Å²) in [6.45, 7) is 3.55. The van der Waals surface area contributed by atoms with Gasteiger partial charge in [0.2, 0.25) is 5.95 Å². The summed E-state index contributed by atoms with van der Waals surface area (Å²) < 4.78 is 5.56. The molecule has 3 rings (SSSR count). The molecule has 2 aliphatic heterocycles. The molecule has 0 aromatic carbocycles. The number of hydrogen-bond acceptors (Lipinski definition) is 5. The number of thiocarbonyl (C=S) groups is 1. The van der Waals surface area contributed by atoms with Crippen LogP contribution in [0.2, 0.25) is 5.15 Å². The Morgan fingerprint density at radius 1 is 1.30 bits per heavy atom. The van der Waals surface area contributed by atoms with Gasteiger partial charge in [-0.25, -0.2) is 4.98 Å². The van der Waals surface area contributed by atoms with Crippen LogP contribution in [0, 0.1) is 0 Å². The maximum Gasteiger partial charge on any atom is 0.232 e. The predicted molar refractivity (Wildman–Crippen MR) is 96.3 cm³/mol. The van der Waals surface area contributed by atoms with Crippen molar-refractivity contribution in [2.45, 2.75) is 38.2 Å². The molecule has 23 heavy (non-hydrogen) atoms. The van der Waals surface area contributed by atoms with Crippen molar-refractivity contribution in [2.24, 2.45) is 0 Å². The van der Waals surface area contributed by atoms with Gasteiger partial charge in [0.1, 0.15) is 11.0 Å². The van der Waals surface area contributed by atoms with E-state index in [9.17, 15) is 0 Å². The van der Waals surface area contributed by atoms with Crippen molar-refractivity contribution in [3.8, 4) is 0 Å². The second-order valence-corrected chi connectivity index (χ2v) is 6.69. The molecule has 0 spiro atoms. The zero-order valence-electron chi connectivity index (χ0n) is 13.1. The van der Waals surface area contributed by atoms with Crippen LogP contribution in [0.3, 0.4) is 0 Å². The first-order valence-corrected chi connectivity index (χ1v) is 8.95. The summed E-state index contributed by atoms with van der Waals surface area (Å²) in [6.07, 6.45) is 6.07. The van der Waals surface area contributed by atoms with E-state index < -0.39 is 0 Å².